The van der Waals surface area contributed by atoms with Crippen LogP contribution in [0.5, 0.6) is 0 Å². The first kappa shape index (κ1) is 20.2. The first-order valence-corrected chi connectivity index (χ1v) is 12.4. The van der Waals surface area contributed by atoms with Gasteiger partial charge >= 0.3 is 5.97 Å². The lowest BCUT2D eigenvalue weighted by Gasteiger charge is -2.58. The van der Waals surface area contributed by atoms with Gasteiger partial charge in [-0.25, -0.2) is 0 Å². The lowest BCUT2D eigenvalue weighted by Crippen LogP contribution is -2.52. The molecule has 0 spiro atoms. The Morgan fingerprint density at radius 1 is 1.30 bits per heavy atom. The van der Waals surface area contributed by atoms with Crippen LogP contribution in [0.4, 0.5) is 0 Å². The average Bonchev–Trinajstić information content (AvgIpc) is 3.02. The van der Waals surface area contributed by atoms with Gasteiger partial charge in [-0.15, -0.1) is 0 Å². The Morgan fingerprint density at radius 2 is 2.07 bits per heavy atom. The Kier molecular flexibility index (Phi) is 5.46. The summed E-state index contributed by atoms with van der Waals surface area (Å²) in [6.45, 7) is 6.05. The molecule has 4 aliphatic rings. The van der Waals surface area contributed by atoms with Gasteiger partial charge in [0.25, 0.3) is 0 Å². The van der Waals surface area contributed by atoms with E-state index in [4.69, 9.17) is 4.74 Å². The van der Waals surface area contributed by atoms with E-state index in [0.29, 0.717) is 16.7 Å². The molecule has 0 amide bonds. The Labute approximate surface area is 177 Å². The molecule has 0 aromatic heterocycles. The molecule has 0 unspecified atom stereocenters. The summed E-state index contributed by atoms with van der Waals surface area (Å²) in [5.74, 6) is 2.66. The minimum absolute atomic E-state index is 0.0847. The highest BCUT2D eigenvalue weighted by Gasteiger charge is 2.60. The van der Waals surface area contributed by atoms with E-state index in [1.165, 1.54) is 43.5 Å². The van der Waals surface area contributed by atoms with Crippen molar-refractivity contribution in [1.82, 2.24) is 0 Å². The lowest BCUT2D eigenvalue weighted by atomic mass is 9.47. The maximum absolute atomic E-state index is 11.4. The number of allylic oxidation sites excluding steroid dienone is 1. The molecule has 0 saturated heterocycles. The minimum atomic E-state index is -0.175. The molecule has 4 rings (SSSR count). The van der Waals surface area contributed by atoms with E-state index >= 15 is 0 Å². The lowest BCUT2D eigenvalue weighted by molar-refractivity contribution is -0.148. The zero-order chi connectivity index (χ0) is 19.4. The highest BCUT2D eigenvalue weighted by molar-refractivity contribution is 14.1. The summed E-state index contributed by atoms with van der Waals surface area (Å²) in [6, 6.07) is 0. The number of aliphatic hydroxyl groups is 1. The fourth-order valence-electron chi connectivity index (χ4n) is 7.80. The number of hydrogen-bond donors (Lipinski definition) is 1. The summed E-state index contributed by atoms with van der Waals surface area (Å²) in [4.78, 5) is 11.4. The van der Waals surface area contributed by atoms with Crippen LogP contribution < -0.4 is 0 Å². The molecule has 0 heterocycles. The van der Waals surface area contributed by atoms with Crippen molar-refractivity contribution in [2.24, 2.45) is 34.5 Å². The smallest absolute Gasteiger partial charge is 0.302 e. The highest BCUT2D eigenvalue weighted by atomic mass is 127. The normalized spacial score (nSPS) is 47.3. The zero-order valence-corrected chi connectivity index (χ0v) is 19.2. The Bertz CT molecular complexity index is 629. The van der Waals surface area contributed by atoms with Gasteiger partial charge in [-0.05, 0) is 86.4 Å². The number of aliphatic hydroxyl groups excluding tert-OH is 1. The fourth-order valence-corrected chi connectivity index (χ4v) is 9.31. The van der Waals surface area contributed by atoms with Crippen LogP contribution in [0.3, 0.4) is 0 Å². The molecule has 1 N–H and O–H groups in total. The summed E-state index contributed by atoms with van der Waals surface area (Å²) < 4.78 is 6.75. The molecule has 0 aromatic carbocycles. The molecule has 3 nitrogen and oxygen atoms in total. The second-order valence-corrected chi connectivity index (χ2v) is 10.8. The quantitative estimate of drug-likeness (QED) is 0.255. The molecule has 8 atom stereocenters. The average molecular weight is 486 g/mol. The van der Waals surface area contributed by atoms with Crippen molar-refractivity contribution in [3.8, 4) is 0 Å². The standard InChI is InChI=1S/C23H35IO3/c1-14(25)19-6-7-21-18-5-4-16-12-17(27-15(2)26)8-10-22(16,3)20(18)9-11-23(19,21)13-24/h4,14,17-21,25H,5-13H2,1-3H3/t14-,17+,18-,19-,20+,21+,22+,23+/m1/s1. The van der Waals surface area contributed by atoms with Crippen LogP contribution in [-0.2, 0) is 9.53 Å². The Hall–Kier alpha value is -0.100. The number of ether oxygens (including phenoxy) is 1. The molecule has 0 radical (unpaired) electrons. The van der Waals surface area contributed by atoms with Crippen molar-refractivity contribution >= 4 is 28.6 Å². The van der Waals surface area contributed by atoms with Crippen LogP contribution in [0, 0.1) is 34.5 Å². The van der Waals surface area contributed by atoms with Crippen LogP contribution in [0.1, 0.15) is 72.1 Å². The van der Waals surface area contributed by atoms with E-state index in [1.54, 1.807) is 5.57 Å². The summed E-state index contributed by atoms with van der Waals surface area (Å²) >= 11 is 2.61. The third-order valence-corrected chi connectivity index (χ3v) is 10.4. The number of hydrogen-bond acceptors (Lipinski definition) is 3. The van der Waals surface area contributed by atoms with Crippen LogP contribution in [0.25, 0.3) is 0 Å². The fraction of sp³-hybridized carbons (Fsp3) is 0.870. The molecule has 0 aliphatic heterocycles. The number of carbonyl (C=O) groups is 1. The topological polar surface area (TPSA) is 46.5 Å². The van der Waals surface area contributed by atoms with Gasteiger partial charge in [-0.1, -0.05) is 41.2 Å². The summed E-state index contributed by atoms with van der Waals surface area (Å²) in [7, 11) is 0. The van der Waals surface area contributed by atoms with Crippen molar-refractivity contribution in [3.63, 3.8) is 0 Å². The van der Waals surface area contributed by atoms with Crippen LogP contribution in [0.15, 0.2) is 11.6 Å². The van der Waals surface area contributed by atoms with Crippen LogP contribution >= 0.6 is 22.6 Å². The zero-order valence-electron chi connectivity index (χ0n) is 17.0. The molecular weight excluding hydrogens is 451 g/mol. The number of fused-ring (bicyclic) bond motifs is 5. The van der Waals surface area contributed by atoms with Crippen LogP contribution in [-0.4, -0.2) is 27.7 Å². The van der Waals surface area contributed by atoms with E-state index in [-0.39, 0.29) is 18.2 Å². The summed E-state index contributed by atoms with van der Waals surface area (Å²) in [5.41, 5.74) is 2.21. The van der Waals surface area contributed by atoms with E-state index < -0.39 is 0 Å². The molecule has 3 saturated carbocycles. The first-order chi connectivity index (χ1) is 12.8. The molecule has 152 valence electrons. The number of alkyl halides is 1. The van der Waals surface area contributed by atoms with Crippen molar-refractivity contribution in [1.29, 1.82) is 0 Å². The van der Waals surface area contributed by atoms with E-state index in [2.05, 4.69) is 35.6 Å². The monoisotopic (exact) mass is 486 g/mol. The second-order valence-electron chi connectivity index (χ2n) is 10.1. The molecule has 0 aromatic rings. The highest BCUT2D eigenvalue weighted by Crippen LogP contribution is 2.67. The van der Waals surface area contributed by atoms with Gasteiger partial charge in [-0.3, -0.25) is 4.79 Å². The van der Waals surface area contributed by atoms with Gasteiger partial charge in [0.2, 0.25) is 0 Å². The van der Waals surface area contributed by atoms with Gasteiger partial charge in [0, 0.05) is 17.8 Å². The van der Waals surface area contributed by atoms with Gasteiger partial charge in [0.1, 0.15) is 6.10 Å². The maximum atomic E-state index is 11.4. The number of carbonyl (C=O) groups excluding carboxylic acids is 1. The van der Waals surface area contributed by atoms with Crippen molar-refractivity contribution in [2.75, 3.05) is 4.43 Å². The first-order valence-electron chi connectivity index (χ1n) is 10.9. The van der Waals surface area contributed by atoms with E-state index in [9.17, 15) is 9.90 Å². The largest absolute Gasteiger partial charge is 0.462 e. The molecule has 0 bridgehead atoms. The van der Waals surface area contributed by atoms with E-state index in [1.807, 2.05) is 6.92 Å². The van der Waals surface area contributed by atoms with Gasteiger partial charge in [-0.2, -0.15) is 0 Å². The number of halogens is 1. The van der Waals surface area contributed by atoms with E-state index in [0.717, 1.165) is 37.0 Å². The predicted octanol–water partition coefficient (Wildman–Crippen LogP) is 5.29. The predicted molar refractivity (Wildman–Crippen MR) is 116 cm³/mol. The molecular formula is C23H35IO3. The van der Waals surface area contributed by atoms with Gasteiger partial charge < -0.3 is 9.84 Å². The minimum Gasteiger partial charge on any atom is -0.462 e. The van der Waals surface area contributed by atoms with Crippen LogP contribution in [0.2, 0.25) is 0 Å². The molecule has 27 heavy (non-hydrogen) atoms. The SMILES string of the molecule is CC(=O)O[C@H]1CC[C@@]2(C)C(=CC[C@H]3[C@@H]4CC[C@H]([C@@H](C)O)[C@@]4(CI)CC[C@@H]32)C1. The van der Waals surface area contributed by atoms with Gasteiger partial charge in [0.15, 0.2) is 0 Å². The summed E-state index contributed by atoms with van der Waals surface area (Å²) in [6.07, 6.45) is 11.8. The van der Waals surface area contributed by atoms with Crippen molar-refractivity contribution < 1.29 is 14.6 Å². The summed E-state index contributed by atoms with van der Waals surface area (Å²) in [5, 5.41) is 10.5. The Morgan fingerprint density at radius 3 is 2.74 bits per heavy atom. The number of rotatable bonds is 3. The molecule has 3 fully saturated rings. The van der Waals surface area contributed by atoms with Crippen molar-refractivity contribution in [3.05, 3.63) is 11.6 Å². The number of esters is 1. The maximum Gasteiger partial charge on any atom is 0.302 e. The molecule has 4 aliphatic carbocycles. The van der Waals surface area contributed by atoms with Gasteiger partial charge in [0.05, 0.1) is 6.10 Å². The Balaban J connectivity index is 1.60. The second kappa shape index (κ2) is 7.30. The third kappa shape index (κ3) is 3.12. The molecule has 4 heteroatoms. The van der Waals surface area contributed by atoms with Crippen molar-refractivity contribution in [2.45, 2.75) is 84.3 Å². The third-order valence-electron chi connectivity index (χ3n) is 9.01.